The van der Waals surface area contributed by atoms with Crippen molar-refractivity contribution in [3.8, 4) is 0 Å². The quantitative estimate of drug-likeness (QED) is 0.532. The molecular formula is C17H12F3N5OS2. The van der Waals surface area contributed by atoms with E-state index in [9.17, 15) is 18.0 Å². The molecule has 1 amide bonds. The van der Waals surface area contributed by atoms with Gasteiger partial charge in [-0.1, -0.05) is 10.6 Å². The number of benzene rings is 2. The van der Waals surface area contributed by atoms with E-state index in [1.807, 2.05) is 0 Å². The second kappa shape index (κ2) is 8.31. The van der Waals surface area contributed by atoms with Gasteiger partial charge >= 0.3 is 6.18 Å². The summed E-state index contributed by atoms with van der Waals surface area (Å²) >= 11 is 6.20. The Bertz CT molecular complexity index is 975. The van der Waals surface area contributed by atoms with Crippen molar-refractivity contribution in [3.05, 3.63) is 65.2 Å². The fourth-order valence-electron chi connectivity index (χ4n) is 2.16. The number of nitrogens with one attached hydrogen (secondary N) is 3. The number of carbonyl (C=O) groups excluding carboxylic acids is 1. The van der Waals surface area contributed by atoms with Crippen molar-refractivity contribution < 1.29 is 18.0 Å². The van der Waals surface area contributed by atoms with Crippen LogP contribution < -0.4 is 16.0 Å². The van der Waals surface area contributed by atoms with Gasteiger partial charge in [0.2, 0.25) is 0 Å². The Labute approximate surface area is 166 Å². The smallest absolute Gasteiger partial charge is 0.332 e. The summed E-state index contributed by atoms with van der Waals surface area (Å²) in [4.78, 5) is 11.9. The Balaban J connectivity index is 1.58. The average molecular weight is 423 g/mol. The first-order valence-electron chi connectivity index (χ1n) is 7.75. The molecule has 0 radical (unpaired) electrons. The molecule has 3 rings (SSSR count). The van der Waals surface area contributed by atoms with Gasteiger partial charge < -0.3 is 16.0 Å². The number of hydrogen-bond donors (Lipinski definition) is 3. The lowest BCUT2D eigenvalue weighted by Gasteiger charge is -2.13. The summed E-state index contributed by atoms with van der Waals surface area (Å²) < 4.78 is 41.9. The fraction of sp³-hybridized carbons (Fsp3) is 0.0588. The summed E-state index contributed by atoms with van der Waals surface area (Å²) in [6.45, 7) is 0. The summed E-state index contributed by atoms with van der Waals surface area (Å²) in [6.07, 6.45) is -4.43. The molecule has 2 aromatic carbocycles. The van der Waals surface area contributed by atoms with Crippen LogP contribution in [0.15, 0.2) is 53.9 Å². The number of rotatable bonds is 4. The highest BCUT2D eigenvalue weighted by Gasteiger charge is 2.30. The molecule has 0 unspecified atom stereocenters. The van der Waals surface area contributed by atoms with Gasteiger partial charge in [0.05, 0.1) is 5.56 Å². The number of halogens is 3. The van der Waals surface area contributed by atoms with Crippen LogP contribution in [-0.2, 0) is 6.18 Å². The van der Waals surface area contributed by atoms with E-state index in [1.165, 1.54) is 17.5 Å². The molecule has 6 nitrogen and oxygen atoms in total. The molecule has 3 aromatic rings. The van der Waals surface area contributed by atoms with Crippen LogP contribution in [0.5, 0.6) is 0 Å². The predicted molar refractivity (Wildman–Crippen MR) is 106 cm³/mol. The summed E-state index contributed by atoms with van der Waals surface area (Å²) in [5, 5.41) is 13.6. The number of amides is 1. The fourth-order valence-corrected chi connectivity index (χ4v) is 2.83. The Morgan fingerprint density at radius 1 is 0.964 bits per heavy atom. The number of thiocarbonyl (C=S) groups is 1. The van der Waals surface area contributed by atoms with Crippen LogP contribution in [-0.4, -0.2) is 20.6 Å². The minimum atomic E-state index is -4.43. The molecule has 0 atom stereocenters. The van der Waals surface area contributed by atoms with Crippen LogP contribution in [0, 0.1) is 0 Å². The molecule has 0 saturated carbocycles. The first kappa shape index (κ1) is 19.7. The SMILES string of the molecule is O=C(Nc1ccc(NC(=S)Nc2cccc(C(F)(F)F)c2)cc1)c1csnn1. The molecule has 1 heterocycles. The molecular weight excluding hydrogens is 411 g/mol. The van der Waals surface area contributed by atoms with Crippen molar-refractivity contribution in [1.82, 2.24) is 9.59 Å². The van der Waals surface area contributed by atoms with E-state index in [-0.39, 0.29) is 22.4 Å². The van der Waals surface area contributed by atoms with E-state index < -0.39 is 11.7 Å². The van der Waals surface area contributed by atoms with Gasteiger partial charge in [-0.15, -0.1) is 5.10 Å². The van der Waals surface area contributed by atoms with Gasteiger partial charge in [-0.25, -0.2) is 0 Å². The number of aromatic nitrogens is 2. The summed E-state index contributed by atoms with van der Waals surface area (Å²) in [6, 6.07) is 11.3. The molecule has 11 heteroatoms. The van der Waals surface area contributed by atoms with E-state index in [0.717, 1.165) is 23.7 Å². The van der Waals surface area contributed by atoms with Gasteiger partial charge in [0.1, 0.15) is 0 Å². The van der Waals surface area contributed by atoms with Crippen molar-refractivity contribution in [2.45, 2.75) is 6.18 Å². The Hall–Kier alpha value is -3.05. The molecule has 0 aliphatic heterocycles. The maximum absolute atomic E-state index is 12.8. The predicted octanol–water partition coefficient (Wildman–Crippen LogP) is 4.62. The first-order valence-corrected chi connectivity index (χ1v) is 8.99. The molecule has 3 N–H and O–H groups in total. The lowest BCUT2D eigenvalue weighted by molar-refractivity contribution is -0.137. The third kappa shape index (κ3) is 5.24. The molecule has 28 heavy (non-hydrogen) atoms. The minimum absolute atomic E-state index is 0.129. The third-order valence-electron chi connectivity index (χ3n) is 3.44. The van der Waals surface area contributed by atoms with Crippen molar-refractivity contribution >= 4 is 51.8 Å². The molecule has 0 fully saturated rings. The minimum Gasteiger partial charge on any atom is -0.332 e. The molecule has 0 aliphatic rings. The number of anilines is 3. The van der Waals surface area contributed by atoms with Crippen LogP contribution in [0.25, 0.3) is 0 Å². The standard InChI is InChI=1S/C17H12F3N5OS2/c18-17(19,20)10-2-1-3-13(8-10)23-16(27)22-12-6-4-11(5-7-12)21-15(26)14-9-28-25-24-14/h1-9H,(H,21,26)(H2,22,23,27). The number of alkyl halides is 3. The van der Waals surface area contributed by atoms with Crippen molar-refractivity contribution in [2.24, 2.45) is 0 Å². The zero-order valence-corrected chi connectivity index (χ0v) is 15.6. The van der Waals surface area contributed by atoms with E-state index in [2.05, 4.69) is 25.5 Å². The van der Waals surface area contributed by atoms with E-state index >= 15 is 0 Å². The molecule has 144 valence electrons. The van der Waals surface area contributed by atoms with Gasteiger partial charge in [0, 0.05) is 22.4 Å². The zero-order valence-electron chi connectivity index (χ0n) is 13.9. The zero-order chi connectivity index (χ0) is 20.1. The normalized spacial score (nSPS) is 11.0. The maximum Gasteiger partial charge on any atom is 0.416 e. The Kier molecular flexibility index (Phi) is 5.85. The summed E-state index contributed by atoms with van der Waals surface area (Å²) in [5.41, 5.74) is 0.806. The summed E-state index contributed by atoms with van der Waals surface area (Å²) in [7, 11) is 0. The Morgan fingerprint density at radius 2 is 1.61 bits per heavy atom. The van der Waals surface area contributed by atoms with Crippen LogP contribution in [0.1, 0.15) is 16.1 Å². The molecule has 0 bridgehead atoms. The van der Waals surface area contributed by atoms with Crippen molar-refractivity contribution in [2.75, 3.05) is 16.0 Å². The highest BCUT2D eigenvalue weighted by molar-refractivity contribution is 7.80. The highest BCUT2D eigenvalue weighted by atomic mass is 32.1. The van der Waals surface area contributed by atoms with Gasteiger partial charge in [0.15, 0.2) is 10.8 Å². The Morgan fingerprint density at radius 3 is 2.21 bits per heavy atom. The second-order valence-corrected chi connectivity index (χ2v) is 6.50. The lowest BCUT2D eigenvalue weighted by atomic mass is 10.2. The monoisotopic (exact) mass is 423 g/mol. The highest BCUT2D eigenvalue weighted by Crippen LogP contribution is 2.30. The van der Waals surface area contributed by atoms with Gasteiger partial charge in [-0.3, -0.25) is 4.79 Å². The molecule has 0 aliphatic carbocycles. The van der Waals surface area contributed by atoms with E-state index in [4.69, 9.17) is 12.2 Å². The number of hydrogen-bond acceptors (Lipinski definition) is 5. The second-order valence-electron chi connectivity index (χ2n) is 5.48. The first-order chi connectivity index (χ1) is 13.3. The van der Waals surface area contributed by atoms with Crippen LogP contribution in [0.4, 0.5) is 30.2 Å². The van der Waals surface area contributed by atoms with Crippen LogP contribution in [0.3, 0.4) is 0 Å². The maximum atomic E-state index is 12.8. The average Bonchev–Trinajstić information content (AvgIpc) is 3.18. The third-order valence-corrected chi connectivity index (χ3v) is 4.15. The van der Waals surface area contributed by atoms with Crippen molar-refractivity contribution in [3.63, 3.8) is 0 Å². The molecule has 1 aromatic heterocycles. The van der Waals surface area contributed by atoms with Crippen molar-refractivity contribution in [1.29, 1.82) is 0 Å². The van der Waals surface area contributed by atoms with Crippen LogP contribution in [0.2, 0.25) is 0 Å². The van der Waals surface area contributed by atoms with E-state index in [0.29, 0.717) is 11.4 Å². The summed E-state index contributed by atoms with van der Waals surface area (Å²) in [5.74, 6) is -0.379. The van der Waals surface area contributed by atoms with Gasteiger partial charge in [-0.05, 0) is 66.2 Å². The van der Waals surface area contributed by atoms with Crippen LogP contribution >= 0.6 is 23.8 Å². The number of carbonyl (C=O) groups is 1. The van der Waals surface area contributed by atoms with E-state index in [1.54, 1.807) is 24.3 Å². The lowest BCUT2D eigenvalue weighted by Crippen LogP contribution is -2.19. The largest absolute Gasteiger partial charge is 0.416 e. The molecule has 0 saturated heterocycles. The number of nitrogens with zero attached hydrogens (tertiary/aromatic N) is 2. The topological polar surface area (TPSA) is 78.9 Å². The van der Waals surface area contributed by atoms with Gasteiger partial charge in [0.25, 0.3) is 5.91 Å². The molecule has 0 spiro atoms. The van der Waals surface area contributed by atoms with Gasteiger partial charge in [-0.2, -0.15) is 13.2 Å².